The second-order valence-electron chi connectivity index (χ2n) is 2.60. The molecule has 1 unspecified atom stereocenters. The first-order chi connectivity index (χ1) is 5.77. The Labute approximate surface area is 70.9 Å². The minimum Gasteiger partial charge on any atom is -0.393 e. The van der Waals surface area contributed by atoms with Crippen LogP contribution in [0, 0.1) is 0 Å². The molecule has 0 aliphatic carbocycles. The Morgan fingerprint density at radius 2 is 1.67 bits per heavy atom. The van der Waals surface area contributed by atoms with E-state index in [1.54, 1.807) is 24.3 Å². The van der Waals surface area contributed by atoms with Crippen molar-refractivity contribution in [2.24, 2.45) is 0 Å². The van der Waals surface area contributed by atoms with E-state index >= 15 is 0 Å². The van der Waals surface area contributed by atoms with Gasteiger partial charge in [0.1, 0.15) is 6.10 Å². The third kappa shape index (κ3) is 2.04. The van der Waals surface area contributed by atoms with E-state index in [0.29, 0.717) is 5.56 Å². The maximum absolute atomic E-state index is 9.18. The van der Waals surface area contributed by atoms with E-state index in [4.69, 9.17) is 10.2 Å². The van der Waals surface area contributed by atoms with Crippen LogP contribution in [-0.2, 0) is 6.61 Å². The van der Waals surface area contributed by atoms with Crippen molar-refractivity contribution in [3.05, 3.63) is 35.4 Å². The fourth-order valence-electron chi connectivity index (χ4n) is 0.951. The summed E-state index contributed by atoms with van der Waals surface area (Å²) in [6.07, 6.45) is -0.822. The monoisotopic (exact) mass is 168 g/mol. The zero-order chi connectivity index (χ0) is 8.97. The molecule has 0 aromatic heterocycles. The van der Waals surface area contributed by atoms with Gasteiger partial charge in [0.25, 0.3) is 0 Å². The Kier molecular flexibility index (Phi) is 3.22. The lowest BCUT2D eigenvalue weighted by atomic mass is 10.1. The minimum absolute atomic E-state index is 0.00446. The number of hydrogen-bond acceptors (Lipinski definition) is 3. The van der Waals surface area contributed by atoms with Crippen LogP contribution in [0.3, 0.4) is 0 Å². The van der Waals surface area contributed by atoms with Gasteiger partial charge in [0.05, 0.1) is 13.2 Å². The van der Waals surface area contributed by atoms with Gasteiger partial charge in [0.2, 0.25) is 0 Å². The molecule has 0 heterocycles. The molecule has 3 heteroatoms. The first-order valence-electron chi connectivity index (χ1n) is 3.76. The van der Waals surface area contributed by atoms with E-state index in [1.807, 2.05) is 0 Å². The lowest BCUT2D eigenvalue weighted by molar-refractivity contribution is 0.0956. The van der Waals surface area contributed by atoms with Gasteiger partial charge in [-0.2, -0.15) is 0 Å². The van der Waals surface area contributed by atoms with Gasteiger partial charge in [-0.05, 0) is 11.1 Å². The predicted octanol–water partition coefficient (Wildman–Crippen LogP) is 0.205. The highest BCUT2D eigenvalue weighted by molar-refractivity contribution is 5.23. The molecule has 0 aliphatic heterocycles. The molecule has 1 atom stereocenters. The molecular formula is C9H12O3. The van der Waals surface area contributed by atoms with E-state index in [1.165, 1.54) is 0 Å². The molecule has 3 nitrogen and oxygen atoms in total. The van der Waals surface area contributed by atoms with Crippen LogP contribution in [0.15, 0.2) is 24.3 Å². The smallest absolute Gasteiger partial charge is 0.102 e. The average molecular weight is 168 g/mol. The van der Waals surface area contributed by atoms with Crippen molar-refractivity contribution in [3.8, 4) is 0 Å². The SMILES string of the molecule is OCc1ccc(C(O)CO)cc1. The number of aliphatic hydroxyl groups excluding tert-OH is 3. The summed E-state index contributed by atoms with van der Waals surface area (Å²) in [5.74, 6) is 0. The average Bonchev–Trinajstić information content (AvgIpc) is 2.17. The first-order valence-corrected chi connectivity index (χ1v) is 3.76. The molecule has 1 aromatic rings. The molecule has 1 rings (SSSR count). The van der Waals surface area contributed by atoms with Crippen LogP contribution >= 0.6 is 0 Å². The van der Waals surface area contributed by atoms with Crippen LogP contribution in [0.1, 0.15) is 17.2 Å². The van der Waals surface area contributed by atoms with Crippen LogP contribution in [0.25, 0.3) is 0 Å². The maximum Gasteiger partial charge on any atom is 0.102 e. The lowest BCUT2D eigenvalue weighted by Crippen LogP contribution is -2.02. The molecule has 3 N–H and O–H groups in total. The summed E-state index contributed by atoms with van der Waals surface area (Å²) in [5.41, 5.74) is 1.46. The number of aliphatic hydroxyl groups is 3. The zero-order valence-corrected chi connectivity index (χ0v) is 6.64. The maximum atomic E-state index is 9.18. The zero-order valence-electron chi connectivity index (χ0n) is 6.64. The molecule has 66 valence electrons. The van der Waals surface area contributed by atoms with Crippen molar-refractivity contribution in [2.75, 3.05) is 6.61 Å². The number of rotatable bonds is 3. The molecule has 0 saturated carbocycles. The standard InChI is InChI=1S/C9H12O3/c10-5-7-1-3-8(4-2-7)9(12)6-11/h1-4,9-12H,5-6H2. The van der Waals surface area contributed by atoms with Crippen LogP contribution in [0.5, 0.6) is 0 Å². The van der Waals surface area contributed by atoms with E-state index < -0.39 is 6.10 Å². The summed E-state index contributed by atoms with van der Waals surface area (Å²) < 4.78 is 0. The highest BCUT2D eigenvalue weighted by atomic mass is 16.3. The molecule has 0 bridgehead atoms. The van der Waals surface area contributed by atoms with Crippen molar-refractivity contribution in [2.45, 2.75) is 12.7 Å². The molecule has 12 heavy (non-hydrogen) atoms. The van der Waals surface area contributed by atoms with Crippen molar-refractivity contribution >= 4 is 0 Å². The van der Waals surface area contributed by atoms with Crippen molar-refractivity contribution < 1.29 is 15.3 Å². The Hall–Kier alpha value is -0.900. The lowest BCUT2D eigenvalue weighted by Gasteiger charge is -2.07. The van der Waals surface area contributed by atoms with Crippen LogP contribution < -0.4 is 0 Å². The van der Waals surface area contributed by atoms with Gasteiger partial charge in [-0.1, -0.05) is 24.3 Å². The molecular weight excluding hydrogens is 156 g/mol. The number of hydrogen-bond donors (Lipinski definition) is 3. The molecule has 0 radical (unpaired) electrons. The van der Waals surface area contributed by atoms with Crippen LogP contribution in [0.2, 0.25) is 0 Å². The van der Waals surface area contributed by atoms with E-state index in [9.17, 15) is 5.11 Å². The minimum atomic E-state index is -0.822. The van der Waals surface area contributed by atoms with E-state index in [-0.39, 0.29) is 13.2 Å². The number of benzene rings is 1. The van der Waals surface area contributed by atoms with Gasteiger partial charge in [-0.3, -0.25) is 0 Å². The highest BCUT2D eigenvalue weighted by Gasteiger charge is 2.04. The molecule has 0 aliphatic rings. The molecule has 0 amide bonds. The Balaban J connectivity index is 2.77. The van der Waals surface area contributed by atoms with E-state index in [2.05, 4.69) is 0 Å². The first kappa shape index (κ1) is 9.19. The molecule has 0 spiro atoms. The highest BCUT2D eigenvalue weighted by Crippen LogP contribution is 2.12. The van der Waals surface area contributed by atoms with Gasteiger partial charge in [0.15, 0.2) is 0 Å². The predicted molar refractivity (Wildman–Crippen MR) is 44.4 cm³/mol. The summed E-state index contributed by atoms with van der Waals surface area (Å²) in [5, 5.41) is 26.5. The van der Waals surface area contributed by atoms with Gasteiger partial charge in [-0.15, -0.1) is 0 Å². The van der Waals surface area contributed by atoms with E-state index in [0.717, 1.165) is 5.56 Å². The summed E-state index contributed by atoms with van der Waals surface area (Å²) in [6.45, 7) is -0.284. The summed E-state index contributed by atoms with van der Waals surface area (Å²) in [4.78, 5) is 0. The fraction of sp³-hybridized carbons (Fsp3) is 0.333. The van der Waals surface area contributed by atoms with Crippen molar-refractivity contribution in [1.82, 2.24) is 0 Å². The Bertz CT molecular complexity index is 230. The van der Waals surface area contributed by atoms with Crippen LogP contribution in [0.4, 0.5) is 0 Å². The third-order valence-corrected chi connectivity index (χ3v) is 1.72. The normalized spacial score (nSPS) is 12.9. The Morgan fingerprint density at radius 1 is 1.08 bits per heavy atom. The summed E-state index contributed by atoms with van der Waals surface area (Å²) in [7, 11) is 0. The molecule has 1 aromatic carbocycles. The molecule has 0 saturated heterocycles. The topological polar surface area (TPSA) is 60.7 Å². The fourth-order valence-corrected chi connectivity index (χ4v) is 0.951. The van der Waals surface area contributed by atoms with Gasteiger partial charge >= 0.3 is 0 Å². The molecule has 0 fully saturated rings. The largest absolute Gasteiger partial charge is 0.393 e. The van der Waals surface area contributed by atoms with Gasteiger partial charge in [0, 0.05) is 0 Å². The van der Waals surface area contributed by atoms with Crippen molar-refractivity contribution in [1.29, 1.82) is 0 Å². The van der Waals surface area contributed by atoms with Gasteiger partial charge < -0.3 is 15.3 Å². The second kappa shape index (κ2) is 4.21. The van der Waals surface area contributed by atoms with Gasteiger partial charge in [-0.25, -0.2) is 0 Å². The third-order valence-electron chi connectivity index (χ3n) is 1.72. The summed E-state index contributed by atoms with van der Waals surface area (Å²) >= 11 is 0. The quantitative estimate of drug-likeness (QED) is 0.604. The summed E-state index contributed by atoms with van der Waals surface area (Å²) in [6, 6.07) is 6.81. The second-order valence-corrected chi connectivity index (χ2v) is 2.60. The Morgan fingerprint density at radius 3 is 2.08 bits per heavy atom. The van der Waals surface area contributed by atoms with Crippen molar-refractivity contribution in [3.63, 3.8) is 0 Å². The van der Waals surface area contributed by atoms with Crippen LogP contribution in [-0.4, -0.2) is 21.9 Å².